The lowest BCUT2D eigenvalue weighted by molar-refractivity contribution is -0.118. The Bertz CT molecular complexity index is 961. The number of fused-ring (bicyclic) bond motifs is 1. The van der Waals surface area contributed by atoms with Crippen LogP contribution in [0.25, 0.3) is 10.2 Å². The zero-order valence-electron chi connectivity index (χ0n) is 14.1. The number of hydrogen-bond donors (Lipinski definition) is 1. The van der Waals surface area contributed by atoms with Crippen molar-refractivity contribution in [2.45, 2.75) is 29.6 Å². The first-order valence-electron chi connectivity index (χ1n) is 8.52. The Morgan fingerprint density at radius 3 is 2.92 bits per heavy atom. The van der Waals surface area contributed by atoms with Crippen LogP contribution in [0, 0.1) is 0 Å². The molecular formula is C18H18N4O2S2. The summed E-state index contributed by atoms with van der Waals surface area (Å²) in [5.74, 6) is 0.742. The second-order valence-electron chi connectivity index (χ2n) is 6.18. The molecule has 1 saturated carbocycles. The molecule has 1 amide bonds. The van der Waals surface area contributed by atoms with Gasteiger partial charge in [0.1, 0.15) is 0 Å². The molecule has 134 valence electrons. The predicted octanol–water partition coefficient (Wildman–Crippen LogP) is 2.64. The second kappa shape index (κ2) is 7.59. The van der Waals surface area contributed by atoms with Gasteiger partial charge in [0.15, 0.2) is 4.34 Å². The lowest BCUT2D eigenvalue weighted by Gasteiger charge is -2.07. The van der Waals surface area contributed by atoms with Gasteiger partial charge in [-0.3, -0.25) is 9.59 Å². The van der Waals surface area contributed by atoms with Crippen LogP contribution >= 0.6 is 23.1 Å². The molecule has 0 saturated heterocycles. The third-order valence-electron chi connectivity index (χ3n) is 4.13. The average Bonchev–Trinajstić information content (AvgIpc) is 3.40. The van der Waals surface area contributed by atoms with Gasteiger partial charge in [-0.1, -0.05) is 23.9 Å². The first-order chi connectivity index (χ1) is 12.7. The maximum Gasteiger partial charge on any atom is 0.266 e. The number of rotatable bonds is 7. The fourth-order valence-corrected chi connectivity index (χ4v) is 4.51. The number of carbonyl (C=O) groups excluding carboxylic acids is 1. The average molecular weight is 387 g/mol. The monoisotopic (exact) mass is 386 g/mol. The van der Waals surface area contributed by atoms with Gasteiger partial charge in [-0.2, -0.15) is 5.10 Å². The van der Waals surface area contributed by atoms with Crippen LogP contribution in [0.1, 0.15) is 24.5 Å². The van der Waals surface area contributed by atoms with Crippen LogP contribution in [-0.2, 0) is 11.3 Å². The van der Waals surface area contributed by atoms with Gasteiger partial charge in [-0.05, 0) is 31.0 Å². The standard InChI is InChI=1S/C18H18N4O2S2/c23-16(11-25-18-20-14-3-1-2-4-15(14)26-18)19-9-10-22-17(24)8-7-13(21-22)12-5-6-12/h1-4,7-8,12H,5-6,9-11H2,(H,19,23). The SMILES string of the molecule is O=C(CSc1nc2ccccc2s1)NCCn1nc(C2CC2)ccc1=O. The Hall–Kier alpha value is -2.19. The molecule has 6 nitrogen and oxygen atoms in total. The van der Waals surface area contributed by atoms with Crippen LogP contribution in [0.3, 0.4) is 0 Å². The van der Waals surface area contributed by atoms with E-state index in [1.807, 2.05) is 30.3 Å². The summed E-state index contributed by atoms with van der Waals surface area (Å²) >= 11 is 3.02. The zero-order chi connectivity index (χ0) is 17.9. The third kappa shape index (κ3) is 4.13. The molecule has 0 unspecified atom stereocenters. The number of hydrogen-bond acceptors (Lipinski definition) is 6. The Labute approximate surface area is 158 Å². The molecule has 0 bridgehead atoms. The number of nitrogens with one attached hydrogen (secondary N) is 1. The molecule has 1 aliphatic rings. The van der Waals surface area contributed by atoms with Gasteiger partial charge in [0.05, 0.1) is 28.2 Å². The van der Waals surface area contributed by atoms with Crippen LogP contribution in [0.4, 0.5) is 0 Å². The van der Waals surface area contributed by atoms with Crippen LogP contribution in [0.15, 0.2) is 45.5 Å². The highest BCUT2D eigenvalue weighted by Gasteiger charge is 2.25. The van der Waals surface area contributed by atoms with Gasteiger partial charge in [-0.15, -0.1) is 11.3 Å². The lowest BCUT2D eigenvalue weighted by Crippen LogP contribution is -2.33. The molecule has 8 heteroatoms. The highest BCUT2D eigenvalue weighted by molar-refractivity contribution is 8.01. The molecule has 1 aliphatic carbocycles. The van der Waals surface area contributed by atoms with E-state index in [2.05, 4.69) is 15.4 Å². The largest absolute Gasteiger partial charge is 0.354 e. The van der Waals surface area contributed by atoms with E-state index >= 15 is 0 Å². The molecule has 26 heavy (non-hydrogen) atoms. The van der Waals surface area contributed by atoms with E-state index in [0.717, 1.165) is 33.1 Å². The summed E-state index contributed by atoms with van der Waals surface area (Å²) in [6, 6.07) is 11.3. The fraction of sp³-hybridized carbons (Fsp3) is 0.333. The summed E-state index contributed by atoms with van der Waals surface area (Å²) in [6.07, 6.45) is 2.29. The molecule has 3 aromatic rings. The van der Waals surface area contributed by atoms with E-state index in [1.54, 1.807) is 17.4 Å². The van der Waals surface area contributed by atoms with Crippen molar-refractivity contribution < 1.29 is 4.79 Å². The summed E-state index contributed by atoms with van der Waals surface area (Å²) in [5, 5.41) is 7.23. The lowest BCUT2D eigenvalue weighted by atomic mass is 10.3. The van der Waals surface area contributed by atoms with E-state index in [1.165, 1.54) is 16.4 Å². The van der Waals surface area contributed by atoms with Crippen molar-refractivity contribution in [1.29, 1.82) is 0 Å². The van der Waals surface area contributed by atoms with Crippen molar-refractivity contribution >= 4 is 39.2 Å². The number of para-hydroxylation sites is 1. The molecule has 2 heterocycles. The summed E-state index contributed by atoms with van der Waals surface area (Å²) in [5.41, 5.74) is 1.80. The smallest absolute Gasteiger partial charge is 0.266 e. The Morgan fingerprint density at radius 1 is 1.27 bits per heavy atom. The van der Waals surface area contributed by atoms with Gasteiger partial charge in [0.2, 0.25) is 5.91 Å². The molecule has 1 aromatic carbocycles. The Balaban J connectivity index is 1.26. The molecule has 0 radical (unpaired) electrons. The van der Waals surface area contributed by atoms with Crippen molar-refractivity contribution in [2.24, 2.45) is 0 Å². The van der Waals surface area contributed by atoms with E-state index < -0.39 is 0 Å². The van der Waals surface area contributed by atoms with Gasteiger partial charge in [0.25, 0.3) is 5.56 Å². The first kappa shape index (κ1) is 17.2. The maximum absolute atomic E-state index is 12.0. The van der Waals surface area contributed by atoms with E-state index in [-0.39, 0.29) is 11.5 Å². The molecule has 1 fully saturated rings. The minimum atomic E-state index is -0.132. The highest BCUT2D eigenvalue weighted by Crippen LogP contribution is 2.38. The molecule has 2 aromatic heterocycles. The number of nitrogens with zero attached hydrogens (tertiary/aromatic N) is 3. The van der Waals surface area contributed by atoms with Gasteiger partial charge >= 0.3 is 0 Å². The second-order valence-corrected chi connectivity index (χ2v) is 8.43. The minimum Gasteiger partial charge on any atom is -0.354 e. The number of amides is 1. The number of carbonyl (C=O) groups is 1. The van der Waals surface area contributed by atoms with Gasteiger partial charge in [-0.25, -0.2) is 9.67 Å². The molecule has 4 rings (SSSR count). The minimum absolute atomic E-state index is 0.0688. The van der Waals surface area contributed by atoms with Crippen molar-refractivity contribution in [3.8, 4) is 0 Å². The van der Waals surface area contributed by atoms with Crippen LogP contribution in [0.5, 0.6) is 0 Å². The molecule has 0 aliphatic heterocycles. The van der Waals surface area contributed by atoms with Crippen molar-refractivity contribution in [3.05, 3.63) is 52.4 Å². The predicted molar refractivity (Wildman–Crippen MR) is 104 cm³/mol. The first-order valence-corrected chi connectivity index (χ1v) is 10.3. The van der Waals surface area contributed by atoms with Crippen molar-refractivity contribution in [3.63, 3.8) is 0 Å². The summed E-state index contributed by atoms with van der Waals surface area (Å²) < 4.78 is 3.45. The quantitative estimate of drug-likeness (QED) is 0.632. The van der Waals surface area contributed by atoms with Gasteiger partial charge in [0, 0.05) is 18.5 Å². The molecule has 0 spiro atoms. The number of thiazole rings is 1. The Morgan fingerprint density at radius 2 is 2.12 bits per heavy atom. The number of aromatic nitrogens is 3. The molecule has 1 N–H and O–H groups in total. The van der Waals surface area contributed by atoms with Gasteiger partial charge < -0.3 is 5.32 Å². The van der Waals surface area contributed by atoms with Crippen molar-refractivity contribution in [1.82, 2.24) is 20.1 Å². The molecule has 0 atom stereocenters. The van der Waals surface area contributed by atoms with E-state index in [0.29, 0.717) is 24.8 Å². The van der Waals surface area contributed by atoms with Crippen LogP contribution in [0.2, 0.25) is 0 Å². The van der Waals surface area contributed by atoms with E-state index in [9.17, 15) is 9.59 Å². The van der Waals surface area contributed by atoms with E-state index in [4.69, 9.17) is 0 Å². The Kier molecular flexibility index (Phi) is 5.03. The molecular weight excluding hydrogens is 368 g/mol. The summed E-state index contributed by atoms with van der Waals surface area (Å²) in [4.78, 5) is 28.4. The number of thioether (sulfide) groups is 1. The van der Waals surface area contributed by atoms with Crippen LogP contribution in [-0.4, -0.2) is 33.0 Å². The maximum atomic E-state index is 12.0. The normalized spacial score (nSPS) is 13.8. The van der Waals surface area contributed by atoms with Crippen molar-refractivity contribution in [2.75, 3.05) is 12.3 Å². The highest BCUT2D eigenvalue weighted by atomic mass is 32.2. The zero-order valence-corrected chi connectivity index (χ0v) is 15.7. The summed E-state index contributed by atoms with van der Waals surface area (Å²) in [6.45, 7) is 0.775. The number of benzene rings is 1. The fourth-order valence-electron chi connectivity index (χ4n) is 2.61. The topological polar surface area (TPSA) is 76.9 Å². The summed E-state index contributed by atoms with van der Waals surface area (Å²) in [7, 11) is 0. The third-order valence-corrected chi connectivity index (χ3v) is 6.31. The van der Waals surface area contributed by atoms with Crippen LogP contribution < -0.4 is 10.9 Å².